The van der Waals surface area contributed by atoms with Gasteiger partial charge >= 0.3 is 5.97 Å². The number of rotatable bonds is 4. The topological polar surface area (TPSA) is 79.7 Å². The van der Waals surface area contributed by atoms with Crippen LogP contribution in [0.5, 0.6) is 11.5 Å². The Morgan fingerprint density at radius 3 is 3.00 bits per heavy atom. The number of phenolic OH excluding ortho intramolecular Hbond substituents is 1. The van der Waals surface area contributed by atoms with E-state index in [1.54, 1.807) is 12.1 Å². The summed E-state index contributed by atoms with van der Waals surface area (Å²) in [5, 5.41) is 18.1. The lowest BCUT2D eigenvalue weighted by atomic mass is 10.3. The van der Waals surface area contributed by atoms with Gasteiger partial charge in [0.05, 0.1) is 10.4 Å². The van der Waals surface area contributed by atoms with E-state index in [1.165, 1.54) is 29.0 Å². The maximum atomic E-state index is 10.8. The second-order valence-corrected chi connectivity index (χ2v) is 4.15. The van der Waals surface area contributed by atoms with Crippen LogP contribution in [0.4, 0.5) is 0 Å². The number of hydrogen-bond donors (Lipinski definition) is 2. The average Bonchev–Trinajstić information content (AvgIpc) is 2.74. The molecule has 0 aliphatic rings. The number of phenols is 1. The van der Waals surface area contributed by atoms with E-state index < -0.39 is 5.97 Å². The minimum atomic E-state index is -1.07. The number of ether oxygens (including phenoxy) is 1. The van der Waals surface area contributed by atoms with E-state index in [2.05, 4.69) is 4.98 Å². The Kier molecular flexibility index (Phi) is 3.24. The van der Waals surface area contributed by atoms with E-state index in [4.69, 9.17) is 9.84 Å². The van der Waals surface area contributed by atoms with Gasteiger partial charge in [-0.15, -0.1) is 11.3 Å². The van der Waals surface area contributed by atoms with Crippen LogP contribution in [0.25, 0.3) is 0 Å². The fourth-order valence-corrected chi connectivity index (χ4v) is 1.93. The zero-order chi connectivity index (χ0) is 12.3. The third kappa shape index (κ3) is 2.73. The number of carboxylic acid groups (broad SMARTS) is 1. The number of aromatic hydroxyl groups is 1. The van der Waals surface area contributed by atoms with Crippen LogP contribution in [-0.4, -0.2) is 21.2 Å². The zero-order valence-electron chi connectivity index (χ0n) is 8.66. The number of aromatic nitrogens is 1. The van der Waals surface area contributed by atoms with Crippen molar-refractivity contribution in [2.24, 2.45) is 0 Å². The molecule has 88 valence electrons. The Balaban J connectivity index is 2.07. The first-order chi connectivity index (χ1) is 8.16. The van der Waals surface area contributed by atoms with Gasteiger partial charge in [0.25, 0.3) is 0 Å². The summed E-state index contributed by atoms with van der Waals surface area (Å²) in [6.07, 6.45) is 0. The van der Waals surface area contributed by atoms with Crippen LogP contribution in [-0.2, 0) is 6.61 Å². The summed E-state index contributed by atoms with van der Waals surface area (Å²) < 4.78 is 5.37. The van der Waals surface area contributed by atoms with Gasteiger partial charge in [0.15, 0.2) is 5.69 Å². The van der Waals surface area contributed by atoms with Crippen molar-refractivity contribution in [1.82, 2.24) is 4.98 Å². The average molecular weight is 251 g/mol. The van der Waals surface area contributed by atoms with Gasteiger partial charge < -0.3 is 14.9 Å². The summed E-state index contributed by atoms with van der Waals surface area (Å²) in [5.74, 6) is -0.485. The predicted molar refractivity (Wildman–Crippen MR) is 61.5 cm³/mol. The lowest BCUT2D eigenvalue weighted by Gasteiger charge is -2.05. The monoisotopic (exact) mass is 251 g/mol. The second-order valence-electron chi connectivity index (χ2n) is 3.22. The fourth-order valence-electron chi connectivity index (χ4n) is 1.27. The molecule has 0 atom stereocenters. The number of carbonyl (C=O) groups is 1. The van der Waals surface area contributed by atoms with Gasteiger partial charge in [0.1, 0.15) is 18.1 Å². The molecule has 6 heteroatoms. The molecule has 0 amide bonds. The van der Waals surface area contributed by atoms with Crippen molar-refractivity contribution in [3.63, 3.8) is 0 Å². The Morgan fingerprint density at radius 1 is 1.47 bits per heavy atom. The van der Waals surface area contributed by atoms with Crippen LogP contribution < -0.4 is 4.74 Å². The summed E-state index contributed by atoms with van der Waals surface area (Å²) >= 11 is 1.22. The molecule has 0 fully saturated rings. The molecule has 0 aliphatic carbocycles. The van der Waals surface area contributed by atoms with Gasteiger partial charge in [-0.2, -0.15) is 0 Å². The van der Waals surface area contributed by atoms with Gasteiger partial charge in [-0.1, -0.05) is 6.07 Å². The van der Waals surface area contributed by atoms with Crippen LogP contribution in [0, 0.1) is 0 Å². The highest BCUT2D eigenvalue weighted by Gasteiger charge is 2.13. The standard InChI is InChI=1S/C11H9NO4S/c13-7-2-1-3-8(4-7)16-5-9-10(11(14)15)12-6-17-9/h1-4,6,13H,5H2,(H,14,15). The van der Waals surface area contributed by atoms with Gasteiger partial charge in [0.2, 0.25) is 0 Å². The third-order valence-corrected chi connectivity index (χ3v) is 2.84. The van der Waals surface area contributed by atoms with Crippen molar-refractivity contribution in [2.45, 2.75) is 6.61 Å². The Hall–Kier alpha value is -2.08. The highest BCUT2D eigenvalue weighted by Crippen LogP contribution is 2.21. The molecular formula is C11H9NO4S. The van der Waals surface area contributed by atoms with E-state index >= 15 is 0 Å². The molecule has 0 unspecified atom stereocenters. The Bertz CT molecular complexity index is 538. The smallest absolute Gasteiger partial charge is 0.355 e. The highest BCUT2D eigenvalue weighted by atomic mass is 32.1. The molecule has 5 nitrogen and oxygen atoms in total. The molecule has 1 aromatic carbocycles. The highest BCUT2D eigenvalue weighted by molar-refractivity contribution is 7.09. The second kappa shape index (κ2) is 4.84. The SMILES string of the molecule is O=C(O)c1ncsc1COc1cccc(O)c1. The number of hydrogen-bond acceptors (Lipinski definition) is 5. The zero-order valence-corrected chi connectivity index (χ0v) is 9.48. The van der Waals surface area contributed by atoms with Crippen LogP contribution >= 0.6 is 11.3 Å². The van der Waals surface area contributed by atoms with Crippen molar-refractivity contribution < 1.29 is 19.7 Å². The molecule has 2 aromatic rings. The summed E-state index contributed by atoms with van der Waals surface area (Å²) in [7, 11) is 0. The molecule has 0 spiro atoms. The van der Waals surface area contributed by atoms with Gasteiger partial charge in [-0.25, -0.2) is 9.78 Å². The number of thiazole rings is 1. The van der Waals surface area contributed by atoms with Crippen molar-refractivity contribution in [1.29, 1.82) is 0 Å². The van der Waals surface area contributed by atoms with E-state index in [-0.39, 0.29) is 18.1 Å². The number of nitrogens with zero attached hydrogens (tertiary/aromatic N) is 1. The van der Waals surface area contributed by atoms with Crippen molar-refractivity contribution >= 4 is 17.3 Å². The number of aromatic carboxylic acids is 1. The van der Waals surface area contributed by atoms with Crippen LogP contribution in [0.3, 0.4) is 0 Å². The molecule has 0 aliphatic heterocycles. The van der Waals surface area contributed by atoms with E-state index in [9.17, 15) is 9.90 Å². The lowest BCUT2D eigenvalue weighted by molar-refractivity contribution is 0.0688. The van der Waals surface area contributed by atoms with E-state index in [0.29, 0.717) is 10.6 Å². The number of benzene rings is 1. The van der Waals surface area contributed by atoms with Crippen LogP contribution in [0.15, 0.2) is 29.8 Å². The Morgan fingerprint density at radius 2 is 2.29 bits per heavy atom. The van der Waals surface area contributed by atoms with E-state index in [0.717, 1.165) is 0 Å². The predicted octanol–water partition coefficient (Wildman–Crippen LogP) is 2.13. The molecule has 1 heterocycles. The summed E-state index contributed by atoms with van der Waals surface area (Å²) in [6.45, 7) is 0.121. The number of carboxylic acids is 1. The molecule has 0 radical (unpaired) electrons. The first-order valence-corrected chi connectivity index (χ1v) is 5.62. The lowest BCUT2D eigenvalue weighted by Crippen LogP contribution is -2.03. The van der Waals surface area contributed by atoms with Crippen molar-refractivity contribution in [3.8, 4) is 11.5 Å². The van der Waals surface area contributed by atoms with Crippen LogP contribution in [0.2, 0.25) is 0 Å². The first-order valence-electron chi connectivity index (χ1n) is 4.74. The molecule has 1 aromatic heterocycles. The van der Waals surface area contributed by atoms with Gasteiger partial charge in [-0.3, -0.25) is 0 Å². The molecule has 0 saturated carbocycles. The normalized spacial score (nSPS) is 10.1. The Labute approximate surface area is 101 Å². The molecule has 17 heavy (non-hydrogen) atoms. The van der Waals surface area contributed by atoms with Gasteiger partial charge in [0, 0.05) is 6.07 Å². The minimum absolute atomic E-state index is 0.00940. The van der Waals surface area contributed by atoms with Crippen LogP contribution in [0.1, 0.15) is 15.4 Å². The largest absolute Gasteiger partial charge is 0.508 e. The summed E-state index contributed by atoms with van der Waals surface area (Å²) in [4.78, 5) is 15.1. The van der Waals surface area contributed by atoms with Crippen molar-refractivity contribution in [2.75, 3.05) is 0 Å². The molecule has 0 saturated heterocycles. The maximum Gasteiger partial charge on any atom is 0.355 e. The molecule has 0 bridgehead atoms. The van der Waals surface area contributed by atoms with Gasteiger partial charge in [-0.05, 0) is 12.1 Å². The first kappa shape index (κ1) is 11.4. The van der Waals surface area contributed by atoms with E-state index in [1.807, 2.05) is 0 Å². The summed E-state index contributed by atoms with van der Waals surface area (Å²) in [5.41, 5.74) is 1.47. The quantitative estimate of drug-likeness (QED) is 0.870. The fraction of sp³-hybridized carbons (Fsp3) is 0.0909. The summed E-state index contributed by atoms with van der Waals surface area (Å²) in [6, 6.07) is 6.32. The minimum Gasteiger partial charge on any atom is -0.508 e. The molecule has 2 N–H and O–H groups in total. The molecule has 2 rings (SSSR count). The maximum absolute atomic E-state index is 10.8. The van der Waals surface area contributed by atoms with Crippen molar-refractivity contribution in [3.05, 3.63) is 40.3 Å². The molecular weight excluding hydrogens is 242 g/mol. The third-order valence-electron chi connectivity index (χ3n) is 2.03.